The number of β-amino-alcohol motifs (C(OH)–C–C–N with tert-alkyl or cyclic N) is 1. The molecule has 2 amide bonds. The van der Waals surface area contributed by atoms with E-state index in [1.165, 1.54) is 0 Å². The molecule has 1 aromatic rings. The van der Waals surface area contributed by atoms with Crippen LogP contribution in [-0.2, 0) is 19.0 Å². The summed E-state index contributed by atoms with van der Waals surface area (Å²) in [7, 11) is 0. The number of ether oxygens (including phenoxy) is 4. The van der Waals surface area contributed by atoms with Gasteiger partial charge in [0.2, 0.25) is 5.91 Å². The number of likely N-dealkylation sites (tertiary alicyclic amines) is 1. The number of amides is 2. The molecule has 0 saturated carbocycles. The minimum Gasteiger partial charge on any atom is -0.467 e. The predicted octanol–water partition coefficient (Wildman–Crippen LogP) is 2.73. The molecule has 32 heavy (non-hydrogen) atoms. The first kappa shape index (κ1) is 24.3. The summed E-state index contributed by atoms with van der Waals surface area (Å²) in [5, 5.41) is 12.5. The van der Waals surface area contributed by atoms with E-state index in [0.717, 1.165) is 19.3 Å². The fourth-order valence-corrected chi connectivity index (χ4v) is 3.61. The first-order chi connectivity index (χ1) is 15.2. The Kier molecular flexibility index (Phi) is 8.33. The number of benzene rings is 1. The zero-order valence-electron chi connectivity index (χ0n) is 19.0. The van der Waals surface area contributed by atoms with Crippen LogP contribution in [0.3, 0.4) is 0 Å². The number of alkyl carbamates (subject to hydrolysis) is 1. The van der Waals surface area contributed by atoms with Crippen molar-refractivity contribution in [2.24, 2.45) is 0 Å². The first-order valence-corrected chi connectivity index (χ1v) is 11.1. The molecule has 2 heterocycles. The number of carbonyl (C=O) groups excluding carboxylic acids is 2. The first-order valence-electron chi connectivity index (χ1n) is 11.1. The van der Waals surface area contributed by atoms with Gasteiger partial charge in [0.1, 0.15) is 17.4 Å². The fraction of sp³-hybridized carbons (Fsp3) is 0.652. The number of aliphatic hydroxyl groups is 1. The van der Waals surface area contributed by atoms with Gasteiger partial charge in [0, 0.05) is 19.7 Å². The van der Waals surface area contributed by atoms with Gasteiger partial charge in [-0.2, -0.15) is 0 Å². The molecule has 1 unspecified atom stereocenters. The van der Waals surface area contributed by atoms with Crippen LogP contribution in [0.25, 0.3) is 0 Å². The SMILES string of the molecule is CC(C)(C)OC(=O)N[C@H](C(=O)N1CC[C@H](O)C1)c1ccc(OCOC2CCCCO2)cc1. The predicted molar refractivity (Wildman–Crippen MR) is 116 cm³/mol. The van der Waals surface area contributed by atoms with Crippen molar-refractivity contribution >= 4 is 12.0 Å². The lowest BCUT2D eigenvalue weighted by Crippen LogP contribution is -2.44. The van der Waals surface area contributed by atoms with Gasteiger partial charge in [-0.25, -0.2) is 4.79 Å². The third-order valence-electron chi connectivity index (χ3n) is 5.21. The molecule has 0 aliphatic carbocycles. The number of hydrogen-bond acceptors (Lipinski definition) is 7. The second-order valence-corrected chi connectivity index (χ2v) is 9.10. The second kappa shape index (κ2) is 11.0. The zero-order valence-corrected chi connectivity index (χ0v) is 19.0. The molecule has 0 radical (unpaired) electrons. The van der Waals surface area contributed by atoms with Gasteiger partial charge in [-0.3, -0.25) is 4.79 Å². The Morgan fingerprint density at radius 1 is 1.22 bits per heavy atom. The Hall–Kier alpha value is -2.36. The smallest absolute Gasteiger partial charge is 0.408 e. The van der Waals surface area contributed by atoms with Crippen molar-refractivity contribution in [3.8, 4) is 5.75 Å². The molecule has 9 nitrogen and oxygen atoms in total. The highest BCUT2D eigenvalue weighted by Gasteiger charge is 2.33. The summed E-state index contributed by atoms with van der Waals surface area (Å²) in [5.41, 5.74) is -0.104. The monoisotopic (exact) mass is 450 g/mol. The van der Waals surface area contributed by atoms with Crippen molar-refractivity contribution in [1.82, 2.24) is 10.2 Å². The van der Waals surface area contributed by atoms with E-state index in [2.05, 4.69) is 5.32 Å². The van der Waals surface area contributed by atoms with Gasteiger partial charge in [0.25, 0.3) is 0 Å². The second-order valence-electron chi connectivity index (χ2n) is 9.10. The zero-order chi connectivity index (χ0) is 23.1. The van der Waals surface area contributed by atoms with E-state index in [-0.39, 0.29) is 25.5 Å². The van der Waals surface area contributed by atoms with Crippen molar-refractivity contribution in [3.63, 3.8) is 0 Å². The third-order valence-corrected chi connectivity index (χ3v) is 5.21. The van der Waals surface area contributed by atoms with Gasteiger partial charge in [-0.1, -0.05) is 12.1 Å². The Labute approximate surface area is 189 Å². The molecule has 2 saturated heterocycles. The summed E-state index contributed by atoms with van der Waals surface area (Å²) >= 11 is 0. The van der Waals surface area contributed by atoms with Crippen LogP contribution in [0.2, 0.25) is 0 Å². The van der Waals surface area contributed by atoms with Crippen LogP contribution in [0.1, 0.15) is 58.1 Å². The van der Waals surface area contributed by atoms with Crippen molar-refractivity contribution in [2.75, 3.05) is 26.5 Å². The average molecular weight is 451 g/mol. The molecular weight excluding hydrogens is 416 g/mol. The number of rotatable bonds is 7. The Bertz CT molecular complexity index is 757. The topological polar surface area (TPSA) is 107 Å². The highest BCUT2D eigenvalue weighted by molar-refractivity contribution is 5.87. The molecule has 9 heteroatoms. The minimum atomic E-state index is -0.934. The lowest BCUT2D eigenvalue weighted by atomic mass is 10.1. The molecule has 2 aliphatic heterocycles. The van der Waals surface area contributed by atoms with E-state index in [1.54, 1.807) is 49.9 Å². The van der Waals surface area contributed by atoms with Gasteiger partial charge in [-0.15, -0.1) is 0 Å². The van der Waals surface area contributed by atoms with Gasteiger partial charge in [-0.05, 0) is 64.2 Å². The molecular formula is C23H34N2O7. The molecule has 2 N–H and O–H groups in total. The maximum Gasteiger partial charge on any atom is 0.408 e. The highest BCUT2D eigenvalue weighted by Crippen LogP contribution is 2.23. The Morgan fingerprint density at radius 3 is 2.56 bits per heavy atom. The van der Waals surface area contributed by atoms with E-state index in [1.807, 2.05) is 0 Å². The van der Waals surface area contributed by atoms with E-state index in [4.69, 9.17) is 18.9 Å². The fourth-order valence-electron chi connectivity index (χ4n) is 3.61. The molecule has 3 rings (SSSR count). The van der Waals surface area contributed by atoms with Crippen LogP contribution in [0.15, 0.2) is 24.3 Å². The minimum absolute atomic E-state index is 0.0637. The largest absolute Gasteiger partial charge is 0.467 e. The summed E-state index contributed by atoms with van der Waals surface area (Å²) < 4.78 is 22.0. The lowest BCUT2D eigenvalue weighted by molar-refractivity contribution is -0.190. The lowest BCUT2D eigenvalue weighted by Gasteiger charge is -2.26. The van der Waals surface area contributed by atoms with Crippen LogP contribution in [0.4, 0.5) is 4.79 Å². The normalized spacial score (nSPS) is 22.3. The van der Waals surface area contributed by atoms with Crippen molar-refractivity contribution < 1.29 is 33.6 Å². The van der Waals surface area contributed by atoms with Crippen molar-refractivity contribution in [2.45, 2.75) is 70.5 Å². The summed E-state index contributed by atoms with van der Waals surface area (Å²) in [6.45, 7) is 6.72. The van der Waals surface area contributed by atoms with E-state index >= 15 is 0 Å². The standard InChI is InChI=1S/C23H34N2O7/c1-23(2,3)32-22(28)24-20(21(27)25-12-11-17(26)14-25)16-7-9-18(10-8-16)30-15-31-19-6-4-5-13-29-19/h7-10,17,19-20,26H,4-6,11-15H2,1-3H3,(H,24,28)/t17-,19?,20-/m0/s1. The van der Waals surface area contributed by atoms with Crippen molar-refractivity contribution in [3.05, 3.63) is 29.8 Å². The molecule has 0 bridgehead atoms. The molecule has 3 atom stereocenters. The van der Waals surface area contributed by atoms with Crippen LogP contribution < -0.4 is 10.1 Å². The molecule has 2 aliphatic rings. The van der Waals surface area contributed by atoms with E-state index in [0.29, 0.717) is 30.9 Å². The summed E-state index contributed by atoms with van der Waals surface area (Å²) in [6.07, 6.45) is 2.03. The number of hydrogen-bond donors (Lipinski definition) is 2. The average Bonchev–Trinajstić information content (AvgIpc) is 3.18. The number of carbonyl (C=O) groups is 2. The molecule has 2 fully saturated rings. The maximum absolute atomic E-state index is 13.1. The van der Waals surface area contributed by atoms with Gasteiger partial charge >= 0.3 is 6.09 Å². The summed E-state index contributed by atoms with van der Waals surface area (Å²) in [5.74, 6) is 0.281. The molecule has 1 aromatic carbocycles. The summed E-state index contributed by atoms with van der Waals surface area (Å²) in [6, 6.07) is 5.95. The molecule has 0 aromatic heterocycles. The van der Waals surface area contributed by atoms with Crippen LogP contribution in [0, 0.1) is 0 Å². The number of nitrogens with zero attached hydrogens (tertiary/aromatic N) is 1. The highest BCUT2D eigenvalue weighted by atomic mass is 16.7. The van der Waals surface area contributed by atoms with Crippen LogP contribution in [0.5, 0.6) is 5.75 Å². The quantitative estimate of drug-likeness (QED) is 0.615. The molecule has 0 spiro atoms. The van der Waals surface area contributed by atoms with E-state index < -0.39 is 23.8 Å². The van der Waals surface area contributed by atoms with Crippen LogP contribution in [-0.4, -0.2) is 66.5 Å². The maximum atomic E-state index is 13.1. The van der Waals surface area contributed by atoms with Gasteiger partial charge < -0.3 is 34.3 Å². The Morgan fingerprint density at radius 2 is 1.97 bits per heavy atom. The van der Waals surface area contributed by atoms with Crippen LogP contribution >= 0.6 is 0 Å². The van der Waals surface area contributed by atoms with Gasteiger partial charge in [0.05, 0.1) is 6.10 Å². The Balaban J connectivity index is 1.63. The van der Waals surface area contributed by atoms with Crippen molar-refractivity contribution in [1.29, 1.82) is 0 Å². The van der Waals surface area contributed by atoms with E-state index in [9.17, 15) is 14.7 Å². The molecule has 178 valence electrons. The number of nitrogens with one attached hydrogen (secondary N) is 1. The number of aliphatic hydroxyl groups excluding tert-OH is 1. The summed E-state index contributed by atoms with van der Waals surface area (Å²) in [4.78, 5) is 27.0. The third kappa shape index (κ3) is 7.36. The van der Waals surface area contributed by atoms with Gasteiger partial charge in [0.15, 0.2) is 13.1 Å².